The van der Waals surface area contributed by atoms with Crippen LogP contribution in [0.15, 0.2) is 48.7 Å². The molecule has 1 saturated carbocycles. The summed E-state index contributed by atoms with van der Waals surface area (Å²) >= 11 is 0. The van der Waals surface area contributed by atoms with E-state index in [2.05, 4.69) is 51.6 Å². The molecule has 0 saturated heterocycles. The molecule has 4 rings (SSSR count). The van der Waals surface area contributed by atoms with Gasteiger partial charge in [-0.3, -0.25) is 4.98 Å². The Morgan fingerprint density at radius 1 is 1.04 bits per heavy atom. The van der Waals surface area contributed by atoms with E-state index in [1.807, 2.05) is 26.4 Å². The Labute approximate surface area is 160 Å². The highest BCUT2D eigenvalue weighted by molar-refractivity contribution is 5.92. The lowest BCUT2D eigenvalue weighted by Gasteiger charge is -2.27. The summed E-state index contributed by atoms with van der Waals surface area (Å²) in [4.78, 5) is 11.6. The van der Waals surface area contributed by atoms with E-state index in [4.69, 9.17) is 10.7 Å². The second-order valence-electron chi connectivity index (χ2n) is 7.62. The largest absolute Gasteiger partial charge is 0.378 e. The zero-order valence-electron chi connectivity index (χ0n) is 16.0. The van der Waals surface area contributed by atoms with E-state index in [1.54, 1.807) is 0 Å². The molecule has 2 heterocycles. The number of aromatic nitrogens is 2. The summed E-state index contributed by atoms with van der Waals surface area (Å²) in [6.45, 7) is 0. The number of fused-ring (bicyclic) bond motifs is 1. The second kappa shape index (κ2) is 7.53. The number of nitrogens with two attached hydrogens (primary N) is 1. The molecule has 1 aliphatic rings. The van der Waals surface area contributed by atoms with Crippen molar-refractivity contribution in [2.75, 3.05) is 24.3 Å². The first-order chi connectivity index (χ1) is 13.1. The van der Waals surface area contributed by atoms with Gasteiger partial charge in [-0.05, 0) is 56.0 Å². The maximum Gasteiger partial charge on any atom is 0.136 e. The molecule has 3 N–H and O–H groups in total. The average Bonchev–Trinajstić information content (AvgIpc) is 2.69. The van der Waals surface area contributed by atoms with Gasteiger partial charge in [0.05, 0.1) is 11.2 Å². The quantitative estimate of drug-likeness (QED) is 0.734. The monoisotopic (exact) mass is 361 g/mol. The van der Waals surface area contributed by atoms with Crippen molar-refractivity contribution in [2.24, 2.45) is 5.73 Å². The third-order valence-electron chi connectivity index (χ3n) is 5.39. The van der Waals surface area contributed by atoms with Crippen molar-refractivity contribution in [3.8, 4) is 11.3 Å². The Kier molecular flexibility index (Phi) is 4.94. The van der Waals surface area contributed by atoms with Gasteiger partial charge in [0.2, 0.25) is 0 Å². The number of nitrogens with zero attached hydrogens (tertiary/aromatic N) is 3. The Bertz CT molecular complexity index is 912. The van der Waals surface area contributed by atoms with Gasteiger partial charge in [0, 0.05) is 49.0 Å². The molecule has 1 aromatic carbocycles. The van der Waals surface area contributed by atoms with E-state index in [0.29, 0.717) is 12.1 Å². The van der Waals surface area contributed by atoms with Crippen molar-refractivity contribution in [3.63, 3.8) is 0 Å². The van der Waals surface area contributed by atoms with Crippen LogP contribution in [0.4, 0.5) is 11.5 Å². The third kappa shape index (κ3) is 3.88. The minimum Gasteiger partial charge on any atom is -0.378 e. The molecular weight excluding hydrogens is 334 g/mol. The number of benzene rings is 1. The van der Waals surface area contributed by atoms with Gasteiger partial charge in [0.15, 0.2) is 0 Å². The van der Waals surface area contributed by atoms with Gasteiger partial charge >= 0.3 is 0 Å². The number of hydrogen-bond acceptors (Lipinski definition) is 5. The summed E-state index contributed by atoms with van der Waals surface area (Å²) in [6, 6.07) is 15.4. The molecular formula is C22H27N5. The standard InChI is InChI=1S/C22H27N5/c1-27(2)18-11-5-15(6-12-18)20-14-21-19(4-3-13-24-21)22(26-20)25-17-9-7-16(23)8-10-17/h3-6,11-14,16-17H,7-10,23H2,1-2H3,(H,25,26). The van der Waals surface area contributed by atoms with Gasteiger partial charge in [-0.25, -0.2) is 4.98 Å². The number of hydrogen-bond donors (Lipinski definition) is 2. The minimum absolute atomic E-state index is 0.343. The molecule has 0 amide bonds. The lowest BCUT2D eigenvalue weighted by Crippen LogP contribution is -2.33. The second-order valence-corrected chi connectivity index (χ2v) is 7.62. The molecule has 0 bridgehead atoms. The molecule has 3 aromatic rings. The molecule has 5 nitrogen and oxygen atoms in total. The van der Waals surface area contributed by atoms with Crippen molar-refractivity contribution < 1.29 is 0 Å². The van der Waals surface area contributed by atoms with Crippen LogP contribution >= 0.6 is 0 Å². The van der Waals surface area contributed by atoms with Crippen molar-refractivity contribution in [1.82, 2.24) is 9.97 Å². The number of rotatable bonds is 4. The molecule has 0 radical (unpaired) electrons. The summed E-state index contributed by atoms with van der Waals surface area (Å²) in [5, 5.41) is 4.74. The van der Waals surface area contributed by atoms with Crippen LogP contribution in [-0.4, -0.2) is 36.1 Å². The average molecular weight is 361 g/mol. The number of anilines is 2. The van der Waals surface area contributed by atoms with Gasteiger partial charge in [-0.15, -0.1) is 0 Å². The molecule has 0 atom stereocenters. The van der Waals surface area contributed by atoms with E-state index in [1.165, 1.54) is 5.69 Å². The van der Waals surface area contributed by atoms with Crippen molar-refractivity contribution in [2.45, 2.75) is 37.8 Å². The van der Waals surface area contributed by atoms with Crippen molar-refractivity contribution in [3.05, 3.63) is 48.7 Å². The molecule has 5 heteroatoms. The van der Waals surface area contributed by atoms with Crippen LogP contribution in [0.5, 0.6) is 0 Å². The highest BCUT2D eigenvalue weighted by Crippen LogP contribution is 2.30. The van der Waals surface area contributed by atoms with Gasteiger partial charge in [0.25, 0.3) is 0 Å². The molecule has 0 aliphatic heterocycles. The maximum absolute atomic E-state index is 6.06. The molecule has 0 unspecified atom stereocenters. The summed E-state index contributed by atoms with van der Waals surface area (Å²) in [5.41, 5.74) is 10.2. The summed E-state index contributed by atoms with van der Waals surface area (Å²) in [7, 11) is 4.09. The predicted molar refractivity (Wildman–Crippen MR) is 113 cm³/mol. The normalized spacial score (nSPS) is 19.8. The lowest BCUT2D eigenvalue weighted by atomic mass is 9.92. The Morgan fingerprint density at radius 2 is 1.78 bits per heavy atom. The van der Waals surface area contributed by atoms with Crippen LogP contribution in [0.1, 0.15) is 25.7 Å². The molecule has 140 valence electrons. The Balaban J connectivity index is 1.69. The highest BCUT2D eigenvalue weighted by Gasteiger charge is 2.20. The van der Waals surface area contributed by atoms with Gasteiger partial charge in [-0.1, -0.05) is 12.1 Å². The van der Waals surface area contributed by atoms with Crippen molar-refractivity contribution in [1.29, 1.82) is 0 Å². The van der Waals surface area contributed by atoms with E-state index >= 15 is 0 Å². The van der Waals surface area contributed by atoms with Crippen LogP contribution in [0.25, 0.3) is 22.2 Å². The summed E-state index contributed by atoms with van der Waals surface area (Å²) < 4.78 is 0. The molecule has 1 fully saturated rings. The minimum atomic E-state index is 0.343. The fourth-order valence-electron chi connectivity index (χ4n) is 3.72. The maximum atomic E-state index is 6.06. The molecule has 2 aromatic heterocycles. The van der Waals surface area contributed by atoms with Crippen LogP contribution < -0.4 is 16.0 Å². The van der Waals surface area contributed by atoms with E-state index in [9.17, 15) is 0 Å². The fourth-order valence-corrected chi connectivity index (χ4v) is 3.72. The van der Waals surface area contributed by atoms with Gasteiger partial charge < -0.3 is 16.0 Å². The van der Waals surface area contributed by atoms with Gasteiger partial charge in [-0.2, -0.15) is 0 Å². The molecule has 1 aliphatic carbocycles. The van der Waals surface area contributed by atoms with Crippen LogP contribution in [-0.2, 0) is 0 Å². The topological polar surface area (TPSA) is 67.1 Å². The predicted octanol–water partition coefficient (Wildman–Crippen LogP) is 4.04. The van der Waals surface area contributed by atoms with E-state index in [0.717, 1.165) is 53.7 Å². The number of nitrogens with one attached hydrogen (secondary N) is 1. The summed E-state index contributed by atoms with van der Waals surface area (Å²) in [6.07, 6.45) is 6.16. The Morgan fingerprint density at radius 3 is 2.48 bits per heavy atom. The summed E-state index contributed by atoms with van der Waals surface area (Å²) in [5.74, 6) is 0.924. The van der Waals surface area contributed by atoms with Crippen molar-refractivity contribution >= 4 is 22.4 Å². The molecule has 27 heavy (non-hydrogen) atoms. The van der Waals surface area contributed by atoms with Gasteiger partial charge in [0.1, 0.15) is 5.82 Å². The first-order valence-corrected chi connectivity index (χ1v) is 9.66. The third-order valence-corrected chi connectivity index (χ3v) is 5.39. The smallest absolute Gasteiger partial charge is 0.136 e. The SMILES string of the molecule is CN(C)c1ccc(-c2cc3ncccc3c(NC3CCC(N)CC3)n2)cc1. The fraction of sp³-hybridized carbons (Fsp3) is 0.364. The Hall–Kier alpha value is -2.66. The zero-order chi connectivity index (χ0) is 18.8. The van der Waals surface area contributed by atoms with Crippen LogP contribution in [0, 0.1) is 0 Å². The molecule has 0 spiro atoms. The van der Waals surface area contributed by atoms with E-state index < -0.39 is 0 Å². The first kappa shape index (κ1) is 17.7. The highest BCUT2D eigenvalue weighted by atomic mass is 15.1. The van der Waals surface area contributed by atoms with Crippen LogP contribution in [0.2, 0.25) is 0 Å². The number of pyridine rings is 2. The first-order valence-electron chi connectivity index (χ1n) is 9.66. The zero-order valence-corrected chi connectivity index (χ0v) is 16.0. The lowest BCUT2D eigenvalue weighted by molar-refractivity contribution is 0.411. The van der Waals surface area contributed by atoms with Crippen LogP contribution in [0.3, 0.4) is 0 Å². The van der Waals surface area contributed by atoms with E-state index in [-0.39, 0.29) is 0 Å².